The predicted molar refractivity (Wildman–Crippen MR) is 73.7 cm³/mol. The van der Waals surface area contributed by atoms with Crippen molar-refractivity contribution in [1.82, 2.24) is 14.3 Å². The number of anilines is 1. The third kappa shape index (κ3) is 2.35. The number of fused-ring (bicyclic) bond motifs is 1. The minimum Gasteiger partial charge on any atom is -0.394 e. The zero-order valence-electron chi connectivity index (χ0n) is 11.2. The third-order valence-electron chi connectivity index (χ3n) is 4.01. The molecule has 1 aromatic heterocycles. The molecule has 6 nitrogen and oxygen atoms in total. The van der Waals surface area contributed by atoms with Crippen molar-refractivity contribution in [3.63, 3.8) is 0 Å². The van der Waals surface area contributed by atoms with Gasteiger partial charge in [0.25, 0.3) is 0 Å². The number of hydrogen-bond donors (Lipinski definition) is 1. The molecule has 1 N–H and O–H groups in total. The van der Waals surface area contributed by atoms with Crippen LogP contribution in [0.2, 0.25) is 0 Å². The van der Waals surface area contributed by atoms with Crippen LogP contribution in [0.15, 0.2) is 0 Å². The summed E-state index contributed by atoms with van der Waals surface area (Å²) in [7, 11) is 0. The average molecular weight is 284 g/mol. The van der Waals surface area contributed by atoms with Crippen LogP contribution in [0.5, 0.6) is 0 Å². The van der Waals surface area contributed by atoms with Gasteiger partial charge in [-0.15, -0.1) is 0 Å². The van der Waals surface area contributed by atoms with E-state index in [2.05, 4.69) is 26.1 Å². The zero-order chi connectivity index (χ0) is 13.3. The van der Waals surface area contributed by atoms with Gasteiger partial charge in [-0.05, 0) is 0 Å². The van der Waals surface area contributed by atoms with Crippen LogP contribution in [0.1, 0.15) is 12.7 Å². The van der Waals surface area contributed by atoms with Crippen molar-refractivity contribution in [2.45, 2.75) is 18.9 Å². The number of piperazine rings is 1. The quantitative estimate of drug-likeness (QED) is 0.842. The summed E-state index contributed by atoms with van der Waals surface area (Å²) in [4.78, 5) is 9.14. The van der Waals surface area contributed by atoms with E-state index in [9.17, 15) is 5.11 Å². The smallest absolute Gasteiger partial charge is 0.205 e. The second-order valence-corrected chi connectivity index (χ2v) is 5.92. The lowest BCUT2D eigenvalue weighted by Crippen LogP contribution is -2.69. The molecular weight excluding hydrogens is 264 g/mol. The van der Waals surface area contributed by atoms with Gasteiger partial charge in [0, 0.05) is 44.1 Å². The fourth-order valence-electron chi connectivity index (χ4n) is 2.81. The topological polar surface area (TPSA) is 61.7 Å². The molecule has 0 bridgehead atoms. The minimum atomic E-state index is -0.269. The molecule has 1 atom stereocenters. The highest BCUT2D eigenvalue weighted by molar-refractivity contribution is 7.09. The maximum atomic E-state index is 9.81. The predicted octanol–water partition coefficient (Wildman–Crippen LogP) is -0.0162. The Bertz CT molecular complexity index is 441. The van der Waals surface area contributed by atoms with Crippen molar-refractivity contribution >= 4 is 16.7 Å². The van der Waals surface area contributed by atoms with E-state index in [1.165, 1.54) is 11.5 Å². The van der Waals surface area contributed by atoms with Crippen molar-refractivity contribution in [3.8, 4) is 0 Å². The monoisotopic (exact) mass is 284 g/mol. The second-order valence-electron chi connectivity index (χ2n) is 5.19. The Morgan fingerprint density at radius 3 is 3.05 bits per heavy atom. The minimum absolute atomic E-state index is 0.128. The molecular formula is C12H20N4O2S. The molecule has 0 saturated carbocycles. The Balaban J connectivity index is 1.78. The van der Waals surface area contributed by atoms with Crippen LogP contribution in [0.25, 0.3) is 0 Å². The molecule has 106 valence electrons. The van der Waals surface area contributed by atoms with Gasteiger partial charge in [-0.2, -0.15) is 4.37 Å². The molecule has 1 unspecified atom stereocenters. The summed E-state index contributed by atoms with van der Waals surface area (Å²) in [6.07, 6.45) is 0.866. The Labute approximate surface area is 117 Å². The highest BCUT2D eigenvalue weighted by Gasteiger charge is 2.44. The van der Waals surface area contributed by atoms with Crippen molar-refractivity contribution in [2.24, 2.45) is 0 Å². The number of aryl methyl sites for hydroxylation is 1. The average Bonchev–Trinajstić information content (AvgIpc) is 2.95. The molecule has 0 aromatic carbocycles. The van der Waals surface area contributed by atoms with E-state index in [-0.39, 0.29) is 12.1 Å². The van der Waals surface area contributed by atoms with Gasteiger partial charge in [-0.3, -0.25) is 4.90 Å². The molecule has 3 rings (SSSR count). The van der Waals surface area contributed by atoms with Gasteiger partial charge >= 0.3 is 0 Å². The molecule has 7 heteroatoms. The first kappa shape index (κ1) is 13.2. The Morgan fingerprint density at radius 2 is 2.32 bits per heavy atom. The molecule has 2 aliphatic rings. The summed E-state index contributed by atoms with van der Waals surface area (Å²) in [6, 6.07) is 0. The lowest BCUT2D eigenvalue weighted by atomic mass is 9.94. The van der Waals surface area contributed by atoms with Gasteiger partial charge in [0.05, 0.1) is 25.4 Å². The summed E-state index contributed by atoms with van der Waals surface area (Å²) in [5, 5.41) is 10.8. The van der Waals surface area contributed by atoms with Gasteiger partial charge in [0.2, 0.25) is 5.13 Å². The molecule has 0 aliphatic carbocycles. The van der Waals surface area contributed by atoms with E-state index >= 15 is 0 Å². The molecule has 0 radical (unpaired) electrons. The normalized spacial score (nSPS) is 28.4. The molecule has 1 aromatic rings. The van der Waals surface area contributed by atoms with Crippen molar-refractivity contribution < 1.29 is 9.84 Å². The number of aliphatic hydroxyl groups is 1. The largest absolute Gasteiger partial charge is 0.394 e. The number of rotatable bonds is 3. The third-order valence-corrected chi connectivity index (χ3v) is 4.83. The Morgan fingerprint density at radius 1 is 1.42 bits per heavy atom. The number of ether oxygens (including phenoxy) is 1. The Hall–Kier alpha value is -0.760. The van der Waals surface area contributed by atoms with Gasteiger partial charge in [0.1, 0.15) is 5.82 Å². The number of aliphatic hydroxyl groups excluding tert-OH is 1. The first-order chi connectivity index (χ1) is 9.27. The highest BCUT2D eigenvalue weighted by Crippen LogP contribution is 2.29. The molecule has 0 amide bonds. The van der Waals surface area contributed by atoms with Crippen LogP contribution >= 0.6 is 11.5 Å². The van der Waals surface area contributed by atoms with E-state index < -0.39 is 0 Å². The first-order valence-corrected chi connectivity index (χ1v) is 7.56. The molecule has 2 fully saturated rings. The van der Waals surface area contributed by atoms with E-state index in [1.54, 1.807) is 0 Å². The lowest BCUT2D eigenvalue weighted by Gasteiger charge is -2.51. The van der Waals surface area contributed by atoms with Crippen molar-refractivity contribution in [2.75, 3.05) is 50.9 Å². The SMILES string of the molecule is CCc1nsc(N2CCN3CCOCC3(CO)C2)n1. The number of aromatic nitrogens is 2. The summed E-state index contributed by atoms with van der Waals surface area (Å²) >= 11 is 1.45. The van der Waals surface area contributed by atoms with E-state index in [0.717, 1.165) is 50.2 Å². The molecule has 3 heterocycles. The summed E-state index contributed by atoms with van der Waals surface area (Å²) in [5.74, 6) is 0.903. The molecule has 2 saturated heterocycles. The van der Waals surface area contributed by atoms with Crippen LogP contribution in [0.3, 0.4) is 0 Å². The fraction of sp³-hybridized carbons (Fsp3) is 0.833. The maximum Gasteiger partial charge on any atom is 0.205 e. The van der Waals surface area contributed by atoms with Crippen molar-refractivity contribution in [1.29, 1.82) is 0 Å². The first-order valence-electron chi connectivity index (χ1n) is 6.78. The van der Waals surface area contributed by atoms with Crippen LogP contribution in [0, 0.1) is 0 Å². The summed E-state index contributed by atoms with van der Waals surface area (Å²) in [5.41, 5.74) is -0.269. The number of nitrogens with zero attached hydrogens (tertiary/aromatic N) is 4. The van der Waals surface area contributed by atoms with E-state index in [4.69, 9.17) is 4.74 Å². The molecule has 19 heavy (non-hydrogen) atoms. The van der Waals surface area contributed by atoms with Crippen LogP contribution in [-0.4, -0.2) is 70.9 Å². The van der Waals surface area contributed by atoms with Crippen LogP contribution in [0.4, 0.5) is 5.13 Å². The van der Waals surface area contributed by atoms with Gasteiger partial charge in [-0.25, -0.2) is 4.98 Å². The van der Waals surface area contributed by atoms with Crippen LogP contribution < -0.4 is 4.90 Å². The standard InChI is InChI=1S/C12H20N4O2S/c1-2-10-13-11(19-14-10)15-3-4-16-5-6-18-9-12(16,7-15)8-17/h17H,2-9H2,1H3. The number of hydrogen-bond acceptors (Lipinski definition) is 7. The van der Waals surface area contributed by atoms with Gasteiger partial charge in [0.15, 0.2) is 0 Å². The summed E-state index contributed by atoms with van der Waals surface area (Å²) in [6.45, 7) is 7.12. The second kappa shape index (κ2) is 5.32. The molecule has 2 aliphatic heterocycles. The lowest BCUT2D eigenvalue weighted by molar-refractivity contribution is -0.0950. The fourth-order valence-corrected chi connectivity index (χ4v) is 3.59. The maximum absolute atomic E-state index is 9.81. The van der Waals surface area contributed by atoms with E-state index in [0.29, 0.717) is 6.61 Å². The van der Waals surface area contributed by atoms with Gasteiger partial charge < -0.3 is 14.7 Å². The summed E-state index contributed by atoms with van der Waals surface area (Å²) < 4.78 is 9.93. The van der Waals surface area contributed by atoms with Crippen molar-refractivity contribution in [3.05, 3.63) is 5.82 Å². The highest BCUT2D eigenvalue weighted by atomic mass is 32.1. The Kier molecular flexibility index (Phi) is 3.70. The van der Waals surface area contributed by atoms with Gasteiger partial charge in [-0.1, -0.05) is 6.92 Å². The number of morpholine rings is 1. The molecule has 0 spiro atoms. The van der Waals surface area contributed by atoms with E-state index in [1.807, 2.05) is 0 Å². The van der Waals surface area contributed by atoms with Crippen LogP contribution in [-0.2, 0) is 11.2 Å². The zero-order valence-corrected chi connectivity index (χ0v) is 12.0.